The lowest BCUT2D eigenvalue weighted by atomic mass is 10.2. The highest BCUT2D eigenvalue weighted by Crippen LogP contribution is 2.31. The molecule has 1 heterocycles. The second kappa shape index (κ2) is 6.43. The van der Waals surface area contributed by atoms with Crippen LogP contribution < -0.4 is 20.3 Å². The third-order valence-corrected chi connectivity index (χ3v) is 3.21. The van der Waals surface area contributed by atoms with Crippen LogP contribution in [-0.2, 0) is 4.79 Å². The van der Waals surface area contributed by atoms with E-state index in [1.165, 1.54) is 0 Å². The second-order valence-corrected chi connectivity index (χ2v) is 4.75. The lowest BCUT2D eigenvalue weighted by Crippen LogP contribution is -2.26. The van der Waals surface area contributed by atoms with Gasteiger partial charge in [0, 0.05) is 19.3 Å². The Morgan fingerprint density at radius 2 is 2.26 bits per heavy atom. The summed E-state index contributed by atoms with van der Waals surface area (Å²) >= 11 is 0. The van der Waals surface area contributed by atoms with E-state index in [0.717, 1.165) is 43.1 Å². The van der Waals surface area contributed by atoms with Gasteiger partial charge in [0.1, 0.15) is 5.75 Å². The molecule has 1 aliphatic rings. The minimum Gasteiger partial charge on any atom is -0.482 e. The van der Waals surface area contributed by atoms with Gasteiger partial charge in [0.05, 0.1) is 5.69 Å². The van der Waals surface area contributed by atoms with Crippen molar-refractivity contribution in [2.45, 2.75) is 12.8 Å². The third kappa shape index (κ3) is 3.61. The van der Waals surface area contributed by atoms with E-state index in [1.54, 1.807) is 0 Å². The fourth-order valence-corrected chi connectivity index (χ4v) is 2.09. The molecule has 0 saturated carbocycles. The van der Waals surface area contributed by atoms with Gasteiger partial charge in [-0.2, -0.15) is 0 Å². The van der Waals surface area contributed by atoms with Crippen LogP contribution in [0.15, 0.2) is 18.2 Å². The monoisotopic (exact) mass is 263 g/mol. The Hall–Kier alpha value is -1.75. The smallest absolute Gasteiger partial charge is 0.262 e. The first-order valence-corrected chi connectivity index (χ1v) is 6.63. The summed E-state index contributed by atoms with van der Waals surface area (Å²) in [6.07, 6.45) is 2.29. The Morgan fingerprint density at radius 3 is 3.05 bits per heavy atom. The molecule has 0 fully saturated rings. The van der Waals surface area contributed by atoms with E-state index < -0.39 is 0 Å². The molecule has 2 rings (SSSR count). The molecule has 0 unspecified atom stereocenters. The van der Waals surface area contributed by atoms with Crippen molar-refractivity contribution in [2.75, 3.05) is 44.0 Å². The Labute approximate surface area is 113 Å². The highest BCUT2D eigenvalue weighted by atomic mass is 16.5. The summed E-state index contributed by atoms with van der Waals surface area (Å²) in [6.45, 7) is 2.14. The summed E-state index contributed by atoms with van der Waals surface area (Å²) < 4.78 is 5.34. The van der Waals surface area contributed by atoms with Gasteiger partial charge in [-0.05, 0) is 44.6 Å². The molecule has 104 valence electrons. The molecule has 0 bridgehead atoms. The zero-order chi connectivity index (χ0) is 13.7. The average molecular weight is 263 g/mol. The molecule has 5 nitrogen and oxygen atoms in total. The van der Waals surface area contributed by atoms with Crippen molar-refractivity contribution in [2.24, 2.45) is 0 Å². The van der Waals surface area contributed by atoms with E-state index in [9.17, 15) is 4.79 Å². The molecule has 0 atom stereocenters. The van der Waals surface area contributed by atoms with E-state index in [-0.39, 0.29) is 12.5 Å². The van der Waals surface area contributed by atoms with Crippen molar-refractivity contribution >= 4 is 17.3 Å². The standard InChI is InChI=1S/C14H21N3O2/c1-15-7-3-4-8-17(2)11-5-6-13-12(9-11)16-14(18)10-19-13/h5-6,9,15H,3-4,7-8,10H2,1-2H3,(H,16,18). The number of carbonyl (C=O) groups excluding carboxylic acids is 1. The average Bonchev–Trinajstić information content (AvgIpc) is 2.42. The quantitative estimate of drug-likeness (QED) is 0.763. The van der Waals surface area contributed by atoms with Crippen LogP contribution >= 0.6 is 0 Å². The molecule has 5 heteroatoms. The number of nitrogens with zero attached hydrogens (tertiary/aromatic N) is 1. The number of rotatable bonds is 6. The summed E-state index contributed by atoms with van der Waals surface area (Å²) in [4.78, 5) is 13.5. The normalized spacial score (nSPS) is 13.5. The summed E-state index contributed by atoms with van der Waals surface area (Å²) in [6, 6.07) is 5.90. The molecule has 19 heavy (non-hydrogen) atoms. The molecular formula is C14H21N3O2. The Balaban J connectivity index is 1.96. The van der Waals surface area contributed by atoms with Crippen LogP contribution in [0.3, 0.4) is 0 Å². The van der Waals surface area contributed by atoms with Gasteiger partial charge >= 0.3 is 0 Å². The van der Waals surface area contributed by atoms with E-state index in [4.69, 9.17) is 4.74 Å². The number of hydrogen-bond acceptors (Lipinski definition) is 4. The van der Waals surface area contributed by atoms with Gasteiger partial charge in [0.25, 0.3) is 5.91 Å². The van der Waals surface area contributed by atoms with E-state index in [0.29, 0.717) is 0 Å². The number of carbonyl (C=O) groups is 1. The number of fused-ring (bicyclic) bond motifs is 1. The van der Waals surface area contributed by atoms with Crippen molar-refractivity contribution in [1.82, 2.24) is 5.32 Å². The molecule has 1 aromatic rings. The first-order chi connectivity index (χ1) is 9.20. The van der Waals surface area contributed by atoms with Gasteiger partial charge in [0.15, 0.2) is 6.61 Å². The molecular weight excluding hydrogens is 242 g/mol. The van der Waals surface area contributed by atoms with Gasteiger partial charge in [0.2, 0.25) is 0 Å². The number of nitrogens with one attached hydrogen (secondary N) is 2. The predicted molar refractivity (Wildman–Crippen MR) is 77.0 cm³/mol. The van der Waals surface area contributed by atoms with Crippen LogP contribution in [0.2, 0.25) is 0 Å². The van der Waals surface area contributed by atoms with Crippen LogP contribution in [0.1, 0.15) is 12.8 Å². The maximum Gasteiger partial charge on any atom is 0.262 e. The summed E-state index contributed by atoms with van der Waals surface area (Å²) in [7, 11) is 4.03. The van der Waals surface area contributed by atoms with Gasteiger partial charge in [-0.25, -0.2) is 0 Å². The summed E-state index contributed by atoms with van der Waals surface area (Å²) in [5.41, 5.74) is 1.85. The predicted octanol–water partition coefficient (Wildman–Crippen LogP) is 1.45. The van der Waals surface area contributed by atoms with Gasteiger partial charge in [-0.1, -0.05) is 0 Å². The number of hydrogen-bond donors (Lipinski definition) is 2. The maximum atomic E-state index is 11.3. The molecule has 1 aromatic carbocycles. The topological polar surface area (TPSA) is 53.6 Å². The molecule has 0 spiro atoms. The first-order valence-electron chi connectivity index (χ1n) is 6.63. The third-order valence-electron chi connectivity index (χ3n) is 3.21. The van der Waals surface area contributed by atoms with E-state index in [1.807, 2.05) is 25.2 Å². The van der Waals surface area contributed by atoms with Crippen molar-refractivity contribution in [3.63, 3.8) is 0 Å². The lowest BCUT2D eigenvalue weighted by molar-refractivity contribution is -0.118. The summed E-state index contributed by atoms with van der Waals surface area (Å²) in [5, 5.41) is 5.98. The number of amides is 1. The minimum absolute atomic E-state index is 0.0960. The minimum atomic E-state index is -0.0960. The Bertz CT molecular complexity index is 448. The van der Waals surface area contributed by atoms with Crippen molar-refractivity contribution in [3.8, 4) is 5.75 Å². The lowest BCUT2D eigenvalue weighted by Gasteiger charge is -2.23. The molecule has 1 aliphatic heterocycles. The fourth-order valence-electron chi connectivity index (χ4n) is 2.09. The van der Waals surface area contributed by atoms with Crippen LogP contribution in [0.25, 0.3) is 0 Å². The van der Waals surface area contributed by atoms with Gasteiger partial charge in [-0.3, -0.25) is 4.79 Å². The molecule has 0 radical (unpaired) electrons. The number of benzene rings is 1. The van der Waals surface area contributed by atoms with Crippen LogP contribution in [0.5, 0.6) is 5.75 Å². The van der Waals surface area contributed by atoms with Crippen molar-refractivity contribution in [1.29, 1.82) is 0 Å². The summed E-state index contributed by atoms with van der Waals surface area (Å²) in [5.74, 6) is 0.647. The second-order valence-electron chi connectivity index (χ2n) is 4.75. The first kappa shape index (κ1) is 13.7. The zero-order valence-corrected chi connectivity index (χ0v) is 11.5. The molecule has 1 amide bonds. The highest BCUT2D eigenvalue weighted by Gasteiger charge is 2.16. The molecule has 0 aliphatic carbocycles. The SMILES string of the molecule is CNCCCCN(C)c1ccc2c(c1)NC(=O)CO2. The number of ether oxygens (including phenoxy) is 1. The Kier molecular flexibility index (Phi) is 4.63. The van der Waals surface area contributed by atoms with Crippen LogP contribution in [0, 0.1) is 0 Å². The zero-order valence-electron chi connectivity index (χ0n) is 11.5. The van der Waals surface area contributed by atoms with Crippen molar-refractivity contribution in [3.05, 3.63) is 18.2 Å². The van der Waals surface area contributed by atoms with Gasteiger partial charge < -0.3 is 20.3 Å². The molecule has 0 aromatic heterocycles. The van der Waals surface area contributed by atoms with Crippen LogP contribution in [-0.4, -0.2) is 39.7 Å². The Morgan fingerprint density at radius 1 is 1.42 bits per heavy atom. The van der Waals surface area contributed by atoms with Crippen molar-refractivity contribution < 1.29 is 9.53 Å². The van der Waals surface area contributed by atoms with Crippen LogP contribution in [0.4, 0.5) is 11.4 Å². The van der Waals surface area contributed by atoms with Gasteiger partial charge in [-0.15, -0.1) is 0 Å². The van der Waals surface area contributed by atoms with E-state index in [2.05, 4.69) is 22.6 Å². The largest absolute Gasteiger partial charge is 0.482 e. The highest BCUT2D eigenvalue weighted by molar-refractivity contribution is 5.96. The molecule has 0 saturated heterocycles. The number of anilines is 2. The fraction of sp³-hybridized carbons (Fsp3) is 0.500. The molecule has 2 N–H and O–H groups in total. The van der Waals surface area contributed by atoms with E-state index >= 15 is 0 Å². The maximum absolute atomic E-state index is 11.3. The number of unbranched alkanes of at least 4 members (excludes halogenated alkanes) is 1.